The van der Waals surface area contributed by atoms with Gasteiger partial charge in [-0.1, -0.05) is 65.1 Å². The maximum atomic E-state index is 13.6. The van der Waals surface area contributed by atoms with Gasteiger partial charge in [-0.15, -0.1) is 0 Å². The normalized spacial score (nSPS) is 20.9. The Morgan fingerprint density at radius 2 is 1.84 bits per heavy atom. The van der Waals surface area contributed by atoms with Crippen molar-refractivity contribution in [2.75, 3.05) is 25.9 Å². The monoisotopic (exact) mass is 554 g/mol. The number of unbranched alkanes of at least 4 members (excludes halogenated alkanes) is 2. The molecule has 1 fully saturated rings. The molecule has 10 heteroatoms. The van der Waals surface area contributed by atoms with E-state index in [-0.39, 0.29) is 29.4 Å². The Morgan fingerprint density at radius 3 is 2.39 bits per heavy atom. The van der Waals surface area contributed by atoms with Gasteiger partial charge in [0.05, 0.1) is 18.1 Å². The van der Waals surface area contributed by atoms with Crippen molar-refractivity contribution in [1.29, 1.82) is 0 Å². The molecule has 0 aromatic rings. The summed E-state index contributed by atoms with van der Waals surface area (Å²) >= 11 is 1.29. The third-order valence-corrected chi connectivity index (χ3v) is 8.14. The van der Waals surface area contributed by atoms with Gasteiger partial charge in [-0.05, 0) is 51.0 Å². The molecule has 3 amide bonds. The molecule has 1 saturated carbocycles. The van der Waals surface area contributed by atoms with Crippen molar-refractivity contribution in [2.45, 2.75) is 110 Å². The molecular formula is C28H50N4O5S. The second-order valence-electron chi connectivity index (χ2n) is 11.0. The number of hydrogen-bond acceptors (Lipinski definition) is 7. The summed E-state index contributed by atoms with van der Waals surface area (Å²) in [7, 11) is 1.80. The van der Waals surface area contributed by atoms with Gasteiger partial charge in [-0.3, -0.25) is 19.2 Å². The van der Waals surface area contributed by atoms with Crippen LogP contribution in [0.25, 0.3) is 0 Å². The smallest absolute Gasteiger partial charge is 0.245 e. The standard InChI is InChI=1S/C28H50N4O5S/c1-7-15-32(18-24(35)30-23(19-33)13-9-8-10-16-38-22(5)34)26(36)25(20(2)3)31-27(37)28(29-6)14-11-12-21(4)17-28/h19-21,23,25,29H,7-18H2,1-6H3,(H,30,35)(H,31,37). The van der Waals surface area contributed by atoms with Crippen LogP contribution in [-0.4, -0.2) is 77.5 Å². The van der Waals surface area contributed by atoms with Gasteiger partial charge in [0.15, 0.2) is 5.12 Å². The lowest BCUT2D eigenvalue weighted by molar-refractivity contribution is -0.142. The fourth-order valence-electron chi connectivity index (χ4n) is 5.08. The number of carbonyl (C=O) groups is 5. The van der Waals surface area contributed by atoms with Crippen LogP contribution in [0.2, 0.25) is 0 Å². The van der Waals surface area contributed by atoms with E-state index in [0.717, 1.165) is 57.0 Å². The maximum absolute atomic E-state index is 13.6. The number of amides is 3. The van der Waals surface area contributed by atoms with Crippen LogP contribution in [0.4, 0.5) is 0 Å². The summed E-state index contributed by atoms with van der Waals surface area (Å²) < 4.78 is 0. The zero-order valence-corrected chi connectivity index (χ0v) is 25.1. The molecule has 0 saturated heterocycles. The van der Waals surface area contributed by atoms with E-state index in [2.05, 4.69) is 22.9 Å². The lowest BCUT2D eigenvalue weighted by Crippen LogP contribution is -2.62. The second-order valence-corrected chi connectivity index (χ2v) is 12.3. The highest BCUT2D eigenvalue weighted by molar-refractivity contribution is 8.13. The van der Waals surface area contributed by atoms with Gasteiger partial charge in [-0.2, -0.15) is 0 Å². The molecule has 4 unspecified atom stereocenters. The van der Waals surface area contributed by atoms with Gasteiger partial charge in [-0.25, -0.2) is 0 Å². The minimum Gasteiger partial charge on any atom is -0.345 e. The summed E-state index contributed by atoms with van der Waals surface area (Å²) in [6, 6.07) is -1.37. The summed E-state index contributed by atoms with van der Waals surface area (Å²) in [6.07, 6.45) is 7.88. The Morgan fingerprint density at radius 1 is 1.13 bits per heavy atom. The van der Waals surface area contributed by atoms with Crippen LogP contribution in [0, 0.1) is 11.8 Å². The zero-order valence-electron chi connectivity index (χ0n) is 24.3. The predicted molar refractivity (Wildman–Crippen MR) is 153 cm³/mol. The van der Waals surface area contributed by atoms with Crippen LogP contribution in [-0.2, 0) is 24.0 Å². The molecule has 218 valence electrons. The quantitative estimate of drug-likeness (QED) is 0.186. The molecule has 1 rings (SSSR count). The van der Waals surface area contributed by atoms with Crippen molar-refractivity contribution in [3.63, 3.8) is 0 Å². The van der Waals surface area contributed by atoms with E-state index in [4.69, 9.17) is 0 Å². The van der Waals surface area contributed by atoms with E-state index >= 15 is 0 Å². The van der Waals surface area contributed by atoms with Gasteiger partial charge >= 0.3 is 0 Å². The molecule has 0 radical (unpaired) electrons. The first-order valence-electron chi connectivity index (χ1n) is 14.2. The number of aldehydes is 1. The molecule has 0 spiro atoms. The van der Waals surface area contributed by atoms with Gasteiger partial charge in [0.2, 0.25) is 17.7 Å². The number of nitrogens with zero attached hydrogens (tertiary/aromatic N) is 1. The Labute approximate surface area is 233 Å². The molecule has 0 aromatic heterocycles. The second kappa shape index (κ2) is 17.6. The molecule has 0 aliphatic heterocycles. The molecular weight excluding hydrogens is 504 g/mol. The lowest BCUT2D eigenvalue weighted by Gasteiger charge is -2.40. The molecule has 1 aliphatic rings. The fourth-order valence-corrected chi connectivity index (χ4v) is 5.72. The average molecular weight is 555 g/mol. The number of carbonyl (C=O) groups excluding carboxylic acids is 5. The molecule has 3 N–H and O–H groups in total. The molecule has 38 heavy (non-hydrogen) atoms. The van der Waals surface area contributed by atoms with E-state index in [9.17, 15) is 24.0 Å². The fraction of sp³-hybridized carbons (Fsp3) is 0.821. The minimum atomic E-state index is -0.751. The summed E-state index contributed by atoms with van der Waals surface area (Å²) in [4.78, 5) is 63.8. The maximum Gasteiger partial charge on any atom is 0.245 e. The van der Waals surface area contributed by atoms with E-state index in [1.807, 2.05) is 20.8 Å². The van der Waals surface area contributed by atoms with Gasteiger partial charge in [0.1, 0.15) is 12.3 Å². The summed E-state index contributed by atoms with van der Waals surface area (Å²) in [5.41, 5.74) is -0.694. The van der Waals surface area contributed by atoms with Crippen molar-refractivity contribution in [3.05, 3.63) is 0 Å². The van der Waals surface area contributed by atoms with Gasteiger partial charge in [0, 0.05) is 19.2 Å². The Kier molecular flexibility index (Phi) is 15.8. The molecule has 0 bridgehead atoms. The number of thioether (sulfide) groups is 1. The van der Waals surface area contributed by atoms with E-state index < -0.39 is 23.5 Å². The van der Waals surface area contributed by atoms with Crippen molar-refractivity contribution in [1.82, 2.24) is 20.9 Å². The third-order valence-electron chi connectivity index (χ3n) is 7.25. The highest BCUT2D eigenvalue weighted by Gasteiger charge is 2.42. The molecule has 9 nitrogen and oxygen atoms in total. The van der Waals surface area contributed by atoms with Crippen molar-refractivity contribution in [3.8, 4) is 0 Å². The van der Waals surface area contributed by atoms with Crippen LogP contribution in [0.15, 0.2) is 0 Å². The Hall–Kier alpha value is -1.94. The first-order valence-corrected chi connectivity index (χ1v) is 15.1. The van der Waals surface area contributed by atoms with Crippen LogP contribution in [0.5, 0.6) is 0 Å². The van der Waals surface area contributed by atoms with Crippen LogP contribution in [0.1, 0.15) is 92.4 Å². The lowest BCUT2D eigenvalue weighted by atomic mass is 9.75. The highest BCUT2D eigenvalue weighted by Crippen LogP contribution is 2.32. The first kappa shape index (κ1) is 34.1. The SMILES string of the molecule is CCCN(CC(=O)NC(C=O)CCCCCSC(C)=O)C(=O)C(NC(=O)C1(NC)CCCC(C)C1)C(C)C. The average Bonchev–Trinajstić information content (AvgIpc) is 2.87. The van der Waals surface area contributed by atoms with Gasteiger partial charge < -0.3 is 25.6 Å². The van der Waals surface area contributed by atoms with Gasteiger partial charge in [0.25, 0.3) is 0 Å². The first-order chi connectivity index (χ1) is 18.0. The van der Waals surface area contributed by atoms with Crippen molar-refractivity contribution in [2.24, 2.45) is 11.8 Å². The third kappa shape index (κ3) is 11.4. The summed E-state index contributed by atoms with van der Waals surface area (Å²) in [5.74, 6) is 0.170. The van der Waals surface area contributed by atoms with E-state index in [1.165, 1.54) is 16.7 Å². The number of likely N-dealkylation sites (N-methyl/N-ethyl adjacent to an activating group) is 1. The highest BCUT2D eigenvalue weighted by atomic mass is 32.2. The molecule has 1 aliphatic carbocycles. The Balaban J connectivity index is 2.77. The van der Waals surface area contributed by atoms with Crippen LogP contribution >= 0.6 is 11.8 Å². The largest absolute Gasteiger partial charge is 0.345 e. The minimum absolute atomic E-state index is 0.0959. The number of nitrogens with one attached hydrogen (secondary N) is 3. The van der Waals surface area contributed by atoms with E-state index in [1.54, 1.807) is 14.0 Å². The Bertz CT molecular complexity index is 793. The topological polar surface area (TPSA) is 125 Å². The molecule has 0 aromatic carbocycles. The molecule has 0 heterocycles. The van der Waals surface area contributed by atoms with Crippen LogP contribution in [0.3, 0.4) is 0 Å². The number of hydrogen-bond donors (Lipinski definition) is 3. The van der Waals surface area contributed by atoms with Crippen molar-refractivity contribution >= 4 is 40.9 Å². The molecule has 4 atom stereocenters. The van der Waals surface area contributed by atoms with Crippen molar-refractivity contribution < 1.29 is 24.0 Å². The van der Waals surface area contributed by atoms with E-state index in [0.29, 0.717) is 25.3 Å². The summed E-state index contributed by atoms with van der Waals surface area (Å²) in [5, 5.41) is 9.08. The van der Waals surface area contributed by atoms with Crippen LogP contribution < -0.4 is 16.0 Å². The predicted octanol–water partition coefficient (Wildman–Crippen LogP) is 3.06. The summed E-state index contributed by atoms with van der Waals surface area (Å²) in [6.45, 7) is 9.60. The zero-order chi connectivity index (χ0) is 28.7. The number of rotatable bonds is 17.